The lowest BCUT2D eigenvalue weighted by Gasteiger charge is -2.46. The zero-order valence-corrected chi connectivity index (χ0v) is 20.4. The van der Waals surface area contributed by atoms with Gasteiger partial charge in [-0.25, -0.2) is 0 Å². The summed E-state index contributed by atoms with van der Waals surface area (Å²) in [6.07, 6.45) is -1.98. The van der Waals surface area contributed by atoms with Gasteiger partial charge in [-0.05, 0) is 70.2 Å². The van der Waals surface area contributed by atoms with E-state index in [4.69, 9.17) is 41.3 Å². The van der Waals surface area contributed by atoms with E-state index in [9.17, 15) is 5.11 Å². The van der Waals surface area contributed by atoms with E-state index in [1.165, 1.54) is 14.2 Å². The second-order valence-electron chi connectivity index (χ2n) is 9.36. The molecule has 33 heavy (non-hydrogen) atoms. The predicted octanol–water partition coefficient (Wildman–Crippen LogP) is 4.44. The fourth-order valence-corrected chi connectivity index (χ4v) is 4.70. The molecule has 178 valence electrons. The molecule has 0 aliphatic carbocycles. The quantitative estimate of drug-likeness (QED) is 0.318. The number of hydrogen-bond acceptors (Lipinski definition) is 8. The van der Waals surface area contributed by atoms with E-state index < -0.39 is 24.0 Å². The number of aliphatic hydroxyl groups is 1. The zero-order chi connectivity index (χ0) is 24.1. The Kier molecular flexibility index (Phi) is 5.94. The van der Waals surface area contributed by atoms with Crippen molar-refractivity contribution >= 4 is 29.0 Å². The Labute approximate surface area is 197 Å². The van der Waals surface area contributed by atoms with E-state index in [-0.39, 0.29) is 10.4 Å². The van der Waals surface area contributed by atoms with Crippen molar-refractivity contribution in [3.8, 4) is 11.5 Å². The van der Waals surface area contributed by atoms with Crippen LogP contribution in [0.5, 0.6) is 11.5 Å². The van der Waals surface area contributed by atoms with Gasteiger partial charge < -0.3 is 34.2 Å². The van der Waals surface area contributed by atoms with Crippen LogP contribution < -0.4 is 15.2 Å². The first-order chi connectivity index (χ1) is 15.5. The minimum atomic E-state index is -1.25. The van der Waals surface area contributed by atoms with Crippen LogP contribution in [-0.2, 0) is 9.47 Å². The molecule has 0 radical (unpaired) electrons. The number of ether oxygens (including phenoxy) is 4. The first-order valence-electron chi connectivity index (χ1n) is 10.6. The summed E-state index contributed by atoms with van der Waals surface area (Å²) in [4.78, 5) is 0.200. The van der Waals surface area contributed by atoms with Gasteiger partial charge >= 0.3 is 0 Å². The Morgan fingerprint density at radius 2 is 1.85 bits per heavy atom. The minimum absolute atomic E-state index is 0.200. The largest absolute Gasteiger partial charge is 0.488 e. The lowest BCUT2D eigenvalue weighted by molar-refractivity contribution is -0.238. The summed E-state index contributed by atoms with van der Waals surface area (Å²) in [6, 6.07) is 10.1. The molecule has 2 heterocycles. The molecule has 1 aliphatic rings. The Bertz CT molecular complexity index is 1230. The number of rotatable bonds is 5. The van der Waals surface area contributed by atoms with E-state index in [0.29, 0.717) is 33.8 Å². The first-order valence-corrected chi connectivity index (χ1v) is 11.1. The molecule has 4 rings (SSSR count). The third-order valence-corrected chi connectivity index (χ3v) is 6.03. The highest BCUT2D eigenvalue weighted by Crippen LogP contribution is 2.46. The first kappa shape index (κ1) is 23.6. The van der Waals surface area contributed by atoms with E-state index in [1.807, 2.05) is 32.9 Å². The number of anilines is 1. The molecule has 0 saturated heterocycles. The lowest BCUT2D eigenvalue weighted by Crippen LogP contribution is -2.60. The molecule has 9 heteroatoms. The van der Waals surface area contributed by atoms with Crippen molar-refractivity contribution in [3.05, 3.63) is 46.8 Å². The van der Waals surface area contributed by atoms with Crippen LogP contribution in [0.25, 0.3) is 11.1 Å². The Hall–Kier alpha value is -2.59. The van der Waals surface area contributed by atoms with Crippen LogP contribution in [0.2, 0.25) is 0 Å². The molecule has 0 bridgehead atoms. The summed E-state index contributed by atoms with van der Waals surface area (Å²) < 4.78 is 31.0. The SMILES string of the molecule is COC(OC)[C@]1(C)Oc2ccc(N)cc2[C@H](n2c(=S)oc3ccc(OC(C)(C)C)cc32)[C@H]1O. The van der Waals surface area contributed by atoms with Crippen LogP contribution in [0.3, 0.4) is 0 Å². The molecule has 1 aromatic heterocycles. The highest BCUT2D eigenvalue weighted by molar-refractivity contribution is 7.71. The number of benzene rings is 2. The van der Waals surface area contributed by atoms with Crippen molar-refractivity contribution in [2.45, 2.75) is 57.3 Å². The normalized spacial score (nSPS) is 22.9. The second-order valence-corrected chi connectivity index (χ2v) is 9.71. The van der Waals surface area contributed by atoms with E-state index in [0.717, 1.165) is 0 Å². The maximum absolute atomic E-state index is 11.7. The molecular weight excluding hydrogens is 444 g/mol. The van der Waals surface area contributed by atoms with Gasteiger partial charge in [0, 0.05) is 31.5 Å². The van der Waals surface area contributed by atoms with Gasteiger partial charge in [0.2, 0.25) is 0 Å². The van der Waals surface area contributed by atoms with Gasteiger partial charge in [0.15, 0.2) is 17.5 Å². The van der Waals surface area contributed by atoms with Gasteiger partial charge in [-0.1, -0.05) is 0 Å². The number of aromatic nitrogens is 1. The molecule has 0 spiro atoms. The van der Waals surface area contributed by atoms with Gasteiger partial charge in [-0.15, -0.1) is 0 Å². The second kappa shape index (κ2) is 8.32. The molecule has 0 amide bonds. The van der Waals surface area contributed by atoms with E-state index in [2.05, 4.69) is 0 Å². The average molecular weight is 475 g/mol. The van der Waals surface area contributed by atoms with Crippen LogP contribution in [0.1, 0.15) is 39.3 Å². The molecule has 3 aromatic rings. The number of fused-ring (bicyclic) bond motifs is 2. The molecular formula is C24H30N2O6S. The van der Waals surface area contributed by atoms with Crippen molar-refractivity contribution in [1.29, 1.82) is 0 Å². The number of methoxy groups -OCH3 is 2. The topological polar surface area (TPSA) is 101 Å². The number of oxazole rings is 1. The van der Waals surface area contributed by atoms with Crippen molar-refractivity contribution in [1.82, 2.24) is 4.57 Å². The van der Waals surface area contributed by atoms with Crippen molar-refractivity contribution in [3.63, 3.8) is 0 Å². The van der Waals surface area contributed by atoms with Gasteiger partial charge in [-0.2, -0.15) is 0 Å². The summed E-state index contributed by atoms with van der Waals surface area (Å²) in [5.74, 6) is 1.20. The summed E-state index contributed by atoms with van der Waals surface area (Å²) in [5, 5.41) is 11.7. The summed E-state index contributed by atoms with van der Waals surface area (Å²) in [5.41, 5.74) is 6.91. The molecule has 0 saturated carbocycles. The average Bonchev–Trinajstić information content (AvgIpc) is 3.04. The molecule has 0 unspecified atom stereocenters. The maximum atomic E-state index is 11.7. The maximum Gasteiger partial charge on any atom is 0.270 e. The number of nitrogen functional groups attached to an aromatic ring is 1. The zero-order valence-electron chi connectivity index (χ0n) is 19.6. The van der Waals surface area contributed by atoms with Crippen LogP contribution in [0.4, 0.5) is 5.69 Å². The van der Waals surface area contributed by atoms with Gasteiger partial charge in [0.1, 0.15) is 23.2 Å². The fraction of sp³-hybridized carbons (Fsp3) is 0.458. The Morgan fingerprint density at radius 1 is 1.15 bits per heavy atom. The van der Waals surface area contributed by atoms with Gasteiger partial charge in [-0.3, -0.25) is 4.57 Å². The van der Waals surface area contributed by atoms with Crippen LogP contribution >= 0.6 is 12.2 Å². The van der Waals surface area contributed by atoms with E-state index >= 15 is 0 Å². The number of aliphatic hydroxyl groups excluding tert-OH is 1. The van der Waals surface area contributed by atoms with Crippen molar-refractivity contribution in [2.24, 2.45) is 0 Å². The van der Waals surface area contributed by atoms with Crippen LogP contribution in [0, 0.1) is 4.84 Å². The smallest absolute Gasteiger partial charge is 0.270 e. The molecule has 0 fully saturated rings. The third kappa shape index (κ3) is 4.10. The van der Waals surface area contributed by atoms with Crippen molar-refractivity contribution in [2.75, 3.05) is 20.0 Å². The molecule has 3 N–H and O–H groups in total. The lowest BCUT2D eigenvalue weighted by atomic mass is 9.84. The standard InChI is InChI=1S/C24H30N2O6S/c1-23(2,3)31-14-8-10-18-16(12-14)26(22(33)30-18)19-15-11-13(25)7-9-17(15)32-24(4,20(19)27)21(28-5)29-6/h7-12,19-21,27H,25H2,1-6H3/t19-,20+,24+/m0/s1. The van der Waals surface area contributed by atoms with Crippen LogP contribution in [-0.4, -0.2) is 47.5 Å². The monoisotopic (exact) mass is 474 g/mol. The fourth-order valence-electron chi connectivity index (χ4n) is 4.40. The van der Waals surface area contributed by atoms with Crippen LogP contribution in [0.15, 0.2) is 40.8 Å². The van der Waals surface area contributed by atoms with Crippen molar-refractivity contribution < 1.29 is 28.5 Å². The summed E-state index contributed by atoms with van der Waals surface area (Å²) >= 11 is 5.61. The van der Waals surface area contributed by atoms with Gasteiger partial charge in [0.25, 0.3) is 4.84 Å². The molecule has 2 aromatic carbocycles. The Balaban J connectivity index is 1.96. The minimum Gasteiger partial charge on any atom is -0.488 e. The molecule has 1 aliphatic heterocycles. The Morgan fingerprint density at radius 3 is 2.48 bits per heavy atom. The third-order valence-electron chi connectivity index (χ3n) is 5.75. The summed E-state index contributed by atoms with van der Waals surface area (Å²) in [7, 11) is 3.00. The van der Waals surface area contributed by atoms with Gasteiger partial charge in [0.05, 0.1) is 11.6 Å². The predicted molar refractivity (Wildman–Crippen MR) is 127 cm³/mol. The summed E-state index contributed by atoms with van der Waals surface area (Å²) in [6.45, 7) is 7.66. The highest BCUT2D eigenvalue weighted by atomic mass is 32.1. The highest BCUT2D eigenvalue weighted by Gasteiger charge is 2.53. The number of hydrogen-bond donors (Lipinski definition) is 2. The van der Waals surface area contributed by atoms with E-state index in [1.54, 1.807) is 35.8 Å². The molecule has 8 nitrogen and oxygen atoms in total. The number of nitrogens with zero attached hydrogens (tertiary/aromatic N) is 1. The molecule has 3 atom stereocenters. The number of nitrogens with two attached hydrogens (primary N) is 1.